The molecule has 0 aliphatic rings. The fourth-order valence-corrected chi connectivity index (χ4v) is 1.89. The van der Waals surface area contributed by atoms with E-state index < -0.39 is 0 Å². The van der Waals surface area contributed by atoms with Gasteiger partial charge in [-0.25, -0.2) is 9.55 Å². The third kappa shape index (κ3) is 1.94. The quantitative estimate of drug-likeness (QED) is 0.719. The van der Waals surface area contributed by atoms with Gasteiger partial charge in [0, 0.05) is 20.8 Å². The summed E-state index contributed by atoms with van der Waals surface area (Å²) in [7, 11) is 0. The Morgan fingerprint density at radius 2 is 1.73 bits per heavy atom. The van der Waals surface area contributed by atoms with Crippen molar-refractivity contribution in [3.63, 3.8) is 0 Å². The maximum Gasteiger partial charge on any atom is 0.251 e. The van der Waals surface area contributed by atoms with Crippen LogP contribution in [0, 0.1) is 20.8 Å². The van der Waals surface area contributed by atoms with Gasteiger partial charge in [0.15, 0.2) is 0 Å². The highest BCUT2D eigenvalue weighted by Gasteiger charge is 2.14. The lowest BCUT2D eigenvalue weighted by Crippen LogP contribution is -2.38. The van der Waals surface area contributed by atoms with Crippen molar-refractivity contribution in [1.82, 2.24) is 4.98 Å². The fourth-order valence-electron chi connectivity index (χ4n) is 1.89. The third-order valence-electron chi connectivity index (χ3n) is 2.90. The standard InChI is InChI=1S/C13H16N2/c1-10-11(2)15(12(3)14-10)9-13-7-5-4-6-8-13/h4-8H,9H2,1-3H3/p+1. The number of hydrogen-bond acceptors (Lipinski definition) is 0. The van der Waals surface area contributed by atoms with Crippen molar-refractivity contribution >= 4 is 0 Å². The summed E-state index contributed by atoms with van der Waals surface area (Å²) in [4.78, 5) is 3.36. The van der Waals surface area contributed by atoms with Crippen LogP contribution in [0.5, 0.6) is 0 Å². The third-order valence-corrected chi connectivity index (χ3v) is 2.90. The van der Waals surface area contributed by atoms with Gasteiger partial charge in [0.05, 0.1) is 0 Å². The molecule has 15 heavy (non-hydrogen) atoms. The zero-order chi connectivity index (χ0) is 10.8. The van der Waals surface area contributed by atoms with Gasteiger partial charge in [-0.2, -0.15) is 0 Å². The van der Waals surface area contributed by atoms with E-state index in [2.05, 4.69) is 60.7 Å². The van der Waals surface area contributed by atoms with Gasteiger partial charge < -0.3 is 0 Å². The molecule has 2 rings (SSSR count). The minimum Gasteiger partial charge on any atom is -0.245 e. The Kier molecular flexibility index (Phi) is 2.58. The minimum absolute atomic E-state index is 0.947. The van der Waals surface area contributed by atoms with Crippen LogP contribution in [0.15, 0.2) is 30.3 Å². The predicted octanol–water partition coefficient (Wildman–Crippen LogP) is 2.28. The Balaban J connectivity index is 2.32. The van der Waals surface area contributed by atoms with Gasteiger partial charge in [0.2, 0.25) is 0 Å². The second-order valence-corrected chi connectivity index (χ2v) is 3.99. The van der Waals surface area contributed by atoms with Gasteiger partial charge in [-0.15, -0.1) is 0 Å². The van der Waals surface area contributed by atoms with E-state index in [1.165, 1.54) is 22.8 Å². The van der Waals surface area contributed by atoms with Crippen LogP contribution in [0.1, 0.15) is 22.8 Å². The van der Waals surface area contributed by atoms with Crippen molar-refractivity contribution in [1.29, 1.82) is 0 Å². The van der Waals surface area contributed by atoms with Crippen LogP contribution in [0.2, 0.25) is 0 Å². The molecule has 0 saturated heterocycles. The summed E-state index contributed by atoms with van der Waals surface area (Å²) in [5.74, 6) is 1.22. The number of hydrogen-bond donors (Lipinski definition) is 1. The molecule has 0 unspecified atom stereocenters. The zero-order valence-electron chi connectivity index (χ0n) is 9.54. The molecule has 1 heterocycles. The monoisotopic (exact) mass is 201 g/mol. The van der Waals surface area contributed by atoms with Crippen molar-refractivity contribution in [3.05, 3.63) is 53.1 Å². The van der Waals surface area contributed by atoms with Crippen LogP contribution in [0.4, 0.5) is 0 Å². The summed E-state index contributed by atoms with van der Waals surface area (Å²) in [5.41, 5.74) is 3.91. The highest BCUT2D eigenvalue weighted by molar-refractivity contribution is 5.14. The number of aromatic nitrogens is 2. The van der Waals surface area contributed by atoms with E-state index >= 15 is 0 Å². The van der Waals surface area contributed by atoms with E-state index in [0.717, 1.165) is 6.54 Å². The molecule has 2 heteroatoms. The molecule has 1 N–H and O–H groups in total. The summed E-state index contributed by atoms with van der Waals surface area (Å²) in [6.45, 7) is 7.33. The average molecular weight is 201 g/mol. The molecule has 0 bridgehead atoms. The van der Waals surface area contributed by atoms with Crippen molar-refractivity contribution in [3.8, 4) is 0 Å². The highest BCUT2D eigenvalue weighted by Crippen LogP contribution is 2.03. The van der Waals surface area contributed by atoms with Gasteiger partial charge >= 0.3 is 0 Å². The number of imidazole rings is 1. The van der Waals surface area contributed by atoms with Gasteiger partial charge in [0.1, 0.15) is 17.9 Å². The molecule has 0 aliphatic heterocycles. The molecule has 0 aliphatic carbocycles. The lowest BCUT2D eigenvalue weighted by Gasteiger charge is -2.00. The van der Waals surface area contributed by atoms with Crippen molar-refractivity contribution in [2.45, 2.75) is 27.3 Å². The van der Waals surface area contributed by atoms with Crippen LogP contribution < -0.4 is 4.57 Å². The largest absolute Gasteiger partial charge is 0.251 e. The van der Waals surface area contributed by atoms with E-state index in [-0.39, 0.29) is 0 Å². The number of rotatable bonds is 2. The van der Waals surface area contributed by atoms with Crippen LogP contribution in [-0.2, 0) is 6.54 Å². The van der Waals surface area contributed by atoms with Crippen molar-refractivity contribution in [2.75, 3.05) is 0 Å². The van der Waals surface area contributed by atoms with Crippen LogP contribution in [-0.4, -0.2) is 4.98 Å². The second kappa shape index (κ2) is 3.89. The molecule has 0 amide bonds. The molecule has 0 atom stereocenters. The molecule has 1 aromatic carbocycles. The van der Waals surface area contributed by atoms with Gasteiger partial charge in [-0.05, 0) is 5.56 Å². The molecule has 0 spiro atoms. The fraction of sp³-hybridized carbons (Fsp3) is 0.308. The van der Waals surface area contributed by atoms with Gasteiger partial charge in [0.25, 0.3) is 5.82 Å². The first-order valence-corrected chi connectivity index (χ1v) is 5.28. The molecule has 1 aromatic heterocycles. The Bertz CT molecular complexity index is 455. The Morgan fingerprint density at radius 3 is 2.27 bits per heavy atom. The summed E-state index contributed by atoms with van der Waals surface area (Å²) in [6.07, 6.45) is 0. The Labute approximate surface area is 90.6 Å². The molecule has 0 fully saturated rings. The predicted molar refractivity (Wildman–Crippen MR) is 60.7 cm³/mol. The maximum atomic E-state index is 3.36. The molecular formula is C13H17N2+. The first kappa shape index (κ1) is 9.97. The number of nitrogens with one attached hydrogen (secondary N) is 1. The number of nitrogens with zero attached hydrogens (tertiary/aromatic N) is 1. The number of H-pyrrole nitrogens is 1. The lowest BCUT2D eigenvalue weighted by molar-refractivity contribution is -0.698. The lowest BCUT2D eigenvalue weighted by atomic mass is 10.2. The molecular weight excluding hydrogens is 184 g/mol. The first-order chi connectivity index (χ1) is 7.18. The molecule has 78 valence electrons. The first-order valence-electron chi connectivity index (χ1n) is 5.28. The Hall–Kier alpha value is -1.57. The molecule has 0 saturated carbocycles. The van der Waals surface area contributed by atoms with Crippen LogP contribution >= 0.6 is 0 Å². The maximum absolute atomic E-state index is 3.36. The highest BCUT2D eigenvalue weighted by atomic mass is 15.1. The van der Waals surface area contributed by atoms with Crippen LogP contribution in [0.3, 0.4) is 0 Å². The zero-order valence-corrected chi connectivity index (χ0v) is 9.54. The van der Waals surface area contributed by atoms with Crippen molar-refractivity contribution in [2.24, 2.45) is 0 Å². The normalized spacial score (nSPS) is 10.6. The molecule has 2 aromatic rings. The van der Waals surface area contributed by atoms with Crippen molar-refractivity contribution < 1.29 is 4.57 Å². The topological polar surface area (TPSA) is 19.7 Å². The van der Waals surface area contributed by atoms with Crippen LogP contribution in [0.25, 0.3) is 0 Å². The van der Waals surface area contributed by atoms with E-state index in [9.17, 15) is 0 Å². The smallest absolute Gasteiger partial charge is 0.245 e. The SMILES string of the molecule is Cc1[nH]c(C)[n+](Cc2ccccc2)c1C. The summed E-state index contributed by atoms with van der Waals surface area (Å²) < 4.78 is 2.31. The molecule has 2 nitrogen and oxygen atoms in total. The second-order valence-electron chi connectivity index (χ2n) is 3.99. The Morgan fingerprint density at radius 1 is 1.07 bits per heavy atom. The van der Waals surface area contributed by atoms with Gasteiger partial charge in [-0.1, -0.05) is 30.3 Å². The van der Waals surface area contributed by atoms with Gasteiger partial charge in [-0.3, -0.25) is 0 Å². The molecule has 0 radical (unpaired) electrons. The number of aryl methyl sites for hydroxylation is 2. The summed E-state index contributed by atoms with van der Waals surface area (Å²) >= 11 is 0. The van der Waals surface area contributed by atoms with E-state index in [1.54, 1.807) is 0 Å². The number of aromatic amines is 1. The average Bonchev–Trinajstić information content (AvgIpc) is 2.47. The summed E-state index contributed by atoms with van der Waals surface area (Å²) in [5, 5.41) is 0. The number of benzene rings is 1. The van der Waals surface area contributed by atoms with E-state index in [0.29, 0.717) is 0 Å². The summed E-state index contributed by atoms with van der Waals surface area (Å²) in [6, 6.07) is 10.5. The van der Waals surface area contributed by atoms with E-state index in [4.69, 9.17) is 0 Å². The minimum atomic E-state index is 0.947. The van der Waals surface area contributed by atoms with E-state index in [1.807, 2.05) is 0 Å².